The van der Waals surface area contributed by atoms with E-state index in [1.807, 2.05) is 36.4 Å². The van der Waals surface area contributed by atoms with Crippen molar-refractivity contribution < 1.29 is 4.79 Å². The molecule has 3 rings (SSSR count). The van der Waals surface area contributed by atoms with Gasteiger partial charge in [-0.25, -0.2) is 4.98 Å². The molecule has 2 N–H and O–H groups in total. The summed E-state index contributed by atoms with van der Waals surface area (Å²) in [5.41, 5.74) is 2.71. The second kappa shape index (κ2) is 8.97. The number of halogens is 1. The van der Waals surface area contributed by atoms with Gasteiger partial charge in [0, 0.05) is 42.3 Å². The second-order valence-corrected chi connectivity index (χ2v) is 6.22. The van der Waals surface area contributed by atoms with Crippen molar-refractivity contribution in [2.24, 2.45) is 0 Å². The first-order valence-electron chi connectivity index (χ1n) is 8.32. The highest BCUT2D eigenvalue weighted by atomic mass is 35.5. The molecular formula is C20H19ClN4O. The van der Waals surface area contributed by atoms with Crippen molar-refractivity contribution >= 4 is 23.3 Å². The van der Waals surface area contributed by atoms with Gasteiger partial charge in [-0.05, 0) is 47.9 Å². The molecule has 2 aromatic heterocycles. The number of rotatable bonds is 7. The molecule has 2 heterocycles. The molecule has 0 fully saturated rings. The fourth-order valence-corrected chi connectivity index (χ4v) is 2.69. The molecule has 0 aliphatic heterocycles. The van der Waals surface area contributed by atoms with E-state index in [9.17, 15) is 4.79 Å². The Morgan fingerprint density at radius 2 is 1.92 bits per heavy atom. The largest absolute Gasteiger partial charge is 0.366 e. The minimum atomic E-state index is -0.126. The molecule has 6 heteroatoms. The van der Waals surface area contributed by atoms with Crippen LogP contribution in [0.2, 0.25) is 5.02 Å². The Balaban J connectivity index is 1.52. The van der Waals surface area contributed by atoms with Crippen LogP contribution in [0.3, 0.4) is 0 Å². The molecule has 0 saturated carbocycles. The molecule has 0 unspecified atom stereocenters. The first kappa shape index (κ1) is 17.9. The second-order valence-electron chi connectivity index (χ2n) is 5.78. The van der Waals surface area contributed by atoms with Crippen molar-refractivity contribution in [3.63, 3.8) is 0 Å². The van der Waals surface area contributed by atoms with Crippen LogP contribution in [0.4, 0.5) is 5.82 Å². The number of hydrogen-bond acceptors (Lipinski definition) is 4. The zero-order chi connectivity index (χ0) is 18.2. The van der Waals surface area contributed by atoms with Gasteiger partial charge in [0.2, 0.25) is 0 Å². The standard InChI is InChI=1S/C20H19ClN4O/c21-18-5-1-3-15(11-18)6-9-24-20(26)17-7-10-23-19(12-17)25-14-16-4-2-8-22-13-16/h1-5,7-8,10-13H,6,9,14H2,(H,23,25)(H,24,26). The Morgan fingerprint density at radius 3 is 2.73 bits per heavy atom. The molecule has 1 aromatic carbocycles. The Morgan fingerprint density at radius 1 is 1.04 bits per heavy atom. The van der Waals surface area contributed by atoms with Crippen LogP contribution in [-0.2, 0) is 13.0 Å². The van der Waals surface area contributed by atoms with E-state index in [1.165, 1.54) is 0 Å². The average molecular weight is 367 g/mol. The van der Waals surface area contributed by atoms with Crippen molar-refractivity contribution in [3.05, 3.63) is 88.8 Å². The molecular weight excluding hydrogens is 348 g/mol. The number of anilines is 1. The summed E-state index contributed by atoms with van der Waals surface area (Å²) < 4.78 is 0. The summed E-state index contributed by atoms with van der Waals surface area (Å²) in [6.07, 6.45) is 5.87. The molecule has 0 saturated heterocycles. The first-order valence-corrected chi connectivity index (χ1v) is 8.70. The molecule has 0 radical (unpaired) electrons. The third-order valence-corrected chi connectivity index (χ3v) is 4.04. The zero-order valence-electron chi connectivity index (χ0n) is 14.2. The van der Waals surface area contributed by atoms with Crippen LogP contribution in [0.25, 0.3) is 0 Å². The monoisotopic (exact) mass is 366 g/mol. The van der Waals surface area contributed by atoms with E-state index >= 15 is 0 Å². The maximum Gasteiger partial charge on any atom is 0.251 e. The Hall–Kier alpha value is -2.92. The van der Waals surface area contributed by atoms with E-state index in [1.54, 1.807) is 30.7 Å². The molecule has 0 bridgehead atoms. The van der Waals surface area contributed by atoms with Crippen LogP contribution in [0.5, 0.6) is 0 Å². The van der Waals surface area contributed by atoms with Gasteiger partial charge in [0.15, 0.2) is 0 Å². The normalized spacial score (nSPS) is 10.3. The number of carbonyl (C=O) groups is 1. The van der Waals surface area contributed by atoms with E-state index in [2.05, 4.69) is 20.6 Å². The number of hydrogen-bond donors (Lipinski definition) is 2. The predicted octanol–water partition coefficient (Wildman–Crippen LogP) is 3.71. The number of nitrogens with one attached hydrogen (secondary N) is 2. The lowest BCUT2D eigenvalue weighted by Crippen LogP contribution is -2.25. The fourth-order valence-electron chi connectivity index (χ4n) is 2.48. The summed E-state index contributed by atoms with van der Waals surface area (Å²) in [6.45, 7) is 1.14. The molecule has 5 nitrogen and oxygen atoms in total. The van der Waals surface area contributed by atoms with Gasteiger partial charge >= 0.3 is 0 Å². The number of carbonyl (C=O) groups excluding carboxylic acids is 1. The molecule has 0 aliphatic carbocycles. The highest BCUT2D eigenvalue weighted by Gasteiger charge is 2.07. The van der Waals surface area contributed by atoms with Crippen molar-refractivity contribution in [1.29, 1.82) is 0 Å². The summed E-state index contributed by atoms with van der Waals surface area (Å²) >= 11 is 5.97. The molecule has 132 valence electrons. The van der Waals surface area contributed by atoms with Crippen molar-refractivity contribution in [3.8, 4) is 0 Å². The topological polar surface area (TPSA) is 66.9 Å². The number of benzene rings is 1. The van der Waals surface area contributed by atoms with Crippen LogP contribution < -0.4 is 10.6 Å². The van der Waals surface area contributed by atoms with Crippen LogP contribution in [0, 0.1) is 0 Å². The van der Waals surface area contributed by atoms with Gasteiger partial charge in [0.05, 0.1) is 0 Å². The van der Waals surface area contributed by atoms with Gasteiger partial charge in [0.25, 0.3) is 5.91 Å². The lowest BCUT2D eigenvalue weighted by molar-refractivity contribution is 0.0954. The van der Waals surface area contributed by atoms with Gasteiger partial charge in [-0.3, -0.25) is 9.78 Å². The Labute approximate surface area is 157 Å². The maximum atomic E-state index is 12.3. The Bertz CT molecular complexity index is 870. The van der Waals surface area contributed by atoms with Crippen LogP contribution in [-0.4, -0.2) is 22.4 Å². The van der Waals surface area contributed by atoms with Crippen molar-refractivity contribution in [2.45, 2.75) is 13.0 Å². The molecule has 3 aromatic rings. The van der Waals surface area contributed by atoms with Gasteiger partial charge in [-0.15, -0.1) is 0 Å². The summed E-state index contributed by atoms with van der Waals surface area (Å²) in [4.78, 5) is 20.6. The predicted molar refractivity (Wildman–Crippen MR) is 103 cm³/mol. The van der Waals surface area contributed by atoms with Gasteiger partial charge in [-0.2, -0.15) is 0 Å². The number of nitrogens with zero attached hydrogens (tertiary/aromatic N) is 2. The van der Waals surface area contributed by atoms with Crippen molar-refractivity contribution in [2.75, 3.05) is 11.9 Å². The van der Waals surface area contributed by atoms with Crippen LogP contribution >= 0.6 is 11.6 Å². The lowest BCUT2D eigenvalue weighted by atomic mass is 10.1. The first-order chi connectivity index (χ1) is 12.7. The van der Waals surface area contributed by atoms with Gasteiger partial charge < -0.3 is 10.6 Å². The highest BCUT2D eigenvalue weighted by molar-refractivity contribution is 6.30. The zero-order valence-corrected chi connectivity index (χ0v) is 14.9. The summed E-state index contributed by atoms with van der Waals surface area (Å²) in [7, 11) is 0. The third-order valence-electron chi connectivity index (χ3n) is 3.81. The van der Waals surface area contributed by atoms with E-state index in [0.717, 1.165) is 17.5 Å². The van der Waals surface area contributed by atoms with Crippen LogP contribution in [0.1, 0.15) is 21.5 Å². The number of pyridine rings is 2. The van der Waals surface area contributed by atoms with Crippen molar-refractivity contribution in [1.82, 2.24) is 15.3 Å². The maximum absolute atomic E-state index is 12.3. The summed E-state index contributed by atoms with van der Waals surface area (Å²) in [5.74, 6) is 0.523. The van der Waals surface area contributed by atoms with Crippen LogP contribution in [0.15, 0.2) is 67.1 Å². The van der Waals surface area contributed by atoms with E-state index in [-0.39, 0.29) is 5.91 Å². The fraction of sp³-hybridized carbons (Fsp3) is 0.150. The number of aromatic nitrogens is 2. The third kappa shape index (κ3) is 5.29. The molecule has 0 atom stereocenters. The molecule has 1 amide bonds. The summed E-state index contributed by atoms with van der Waals surface area (Å²) in [6, 6.07) is 14.9. The smallest absolute Gasteiger partial charge is 0.251 e. The SMILES string of the molecule is O=C(NCCc1cccc(Cl)c1)c1ccnc(NCc2cccnc2)c1. The highest BCUT2D eigenvalue weighted by Crippen LogP contribution is 2.11. The quantitative estimate of drug-likeness (QED) is 0.668. The average Bonchev–Trinajstić information content (AvgIpc) is 2.67. The molecule has 26 heavy (non-hydrogen) atoms. The van der Waals surface area contributed by atoms with Gasteiger partial charge in [-0.1, -0.05) is 29.8 Å². The minimum absolute atomic E-state index is 0.126. The number of amides is 1. The van der Waals surface area contributed by atoms with Gasteiger partial charge in [0.1, 0.15) is 5.82 Å². The lowest BCUT2D eigenvalue weighted by Gasteiger charge is -2.08. The molecule has 0 spiro atoms. The van der Waals surface area contributed by atoms with E-state index in [4.69, 9.17) is 11.6 Å². The minimum Gasteiger partial charge on any atom is -0.366 e. The Kier molecular flexibility index (Phi) is 6.17. The van der Waals surface area contributed by atoms with E-state index in [0.29, 0.717) is 29.5 Å². The summed E-state index contributed by atoms with van der Waals surface area (Å²) in [5, 5.41) is 6.82. The van der Waals surface area contributed by atoms with E-state index < -0.39 is 0 Å². The molecule has 0 aliphatic rings.